The highest BCUT2D eigenvalue weighted by Crippen LogP contribution is 2.36. The molecule has 2 fully saturated rings. The summed E-state index contributed by atoms with van der Waals surface area (Å²) in [6, 6.07) is 7.75. The maximum absolute atomic E-state index is 13.4. The van der Waals surface area contributed by atoms with Crippen molar-refractivity contribution in [3.63, 3.8) is 0 Å². The van der Waals surface area contributed by atoms with E-state index >= 15 is 0 Å². The number of ether oxygens (including phenoxy) is 2. The number of likely N-dealkylation sites (tertiary alicyclic amines) is 1. The molecule has 2 saturated heterocycles. The van der Waals surface area contributed by atoms with E-state index in [0.717, 1.165) is 63.9 Å². The first-order chi connectivity index (χ1) is 18.2. The Morgan fingerprint density at radius 3 is 3.08 bits per heavy atom. The molecule has 0 saturated carbocycles. The number of aromatic nitrogens is 3. The summed E-state index contributed by atoms with van der Waals surface area (Å²) >= 11 is 0. The number of carbonyl (C=O) groups excluding carboxylic acids is 1. The number of pyridine rings is 1. The third kappa shape index (κ3) is 5.26. The van der Waals surface area contributed by atoms with Gasteiger partial charge in [-0.05, 0) is 55.4 Å². The lowest BCUT2D eigenvalue weighted by molar-refractivity contribution is -0.122. The van der Waals surface area contributed by atoms with E-state index in [1.165, 1.54) is 11.1 Å². The van der Waals surface area contributed by atoms with E-state index in [2.05, 4.69) is 31.2 Å². The van der Waals surface area contributed by atoms with Crippen LogP contribution in [0.4, 0.5) is 4.39 Å². The number of hydrogen-bond donors (Lipinski definition) is 2. The molecule has 6 rings (SSSR count). The predicted octanol–water partition coefficient (Wildman–Crippen LogP) is 3.41. The predicted molar refractivity (Wildman–Crippen MR) is 137 cm³/mol. The van der Waals surface area contributed by atoms with E-state index in [0.29, 0.717) is 22.9 Å². The van der Waals surface area contributed by atoms with Crippen molar-refractivity contribution in [2.75, 3.05) is 26.3 Å². The summed E-state index contributed by atoms with van der Waals surface area (Å²) in [5.41, 5.74) is 4.33. The zero-order chi connectivity index (χ0) is 25.2. The number of nitrogens with zero attached hydrogens (tertiary/aromatic N) is 3. The Hall–Kier alpha value is -2.88. The highest BCUT2D eigenvalue weighted by atomic mass is 19.1. The molecule has 2 aliphatic heterocycles. The molecule has 1 amide bonds. The first-order valence-electron chi connectivity index (χ1n) is 13.4. The van der Waals surface area contributed by atoms with Crippen LogP contribution in [-0.2, 0) is 33.8 Å². The van der Waals surface area contributed by atoms with Gasteiger partial charge >= 0.3 is 0 Å². The Morgan fingerprint density at radius 1 is 1.22 bits per heavy atom. The second-order valence-corrected chi connectivity index (χ2v) is 10.4. The van der Waals surface area contributed by atoms with Gasteiger partial charge in [0.25, 0.3) is 0 Å². The van der Waals surface area contributed by atoms with Gasteiger partial charge in [0, 0.05) is 50.3 Å². The van der Waals surface area contributed by atoms with Gasteiger partial charge in [0.15, 0.2) is 0 Å². The number of hydrogen-bond acceptors (Lipinski definition) is 6. The SMILES string of the molecule is O=C(Cc1nc2c(CF)cccc2[nH]1)NC1CN(C2CCCOCC2)C[C@@H]1OC1CCc2cnccc21. The molecule has 3 aromatic rings. The Balaban J connectivity index is 1.17. The Bertz CT molecular complexity index is 1240. The summed E-state index contributed by atoms with van der Waals surface area (Å²) in [7, 11) is 0. The second-order valence-electron chi connectivity index (χ2n) is 10.4. The summed E-state index contributed by atoms with van der Waals surface area (Å²) in [5.74, 6) is 0.431. The molecule has 1 aromatic carbocycles. The van der Waals surface area contributed by atoms with E-state index in [1.807, 2.05) is 18.5 Å². The largest absolute Gasteiger partial charge is 0.381 e. The van der Waals surface area contributed by atoms with Crippen molar-refractivity contribution in [3.05, 3.63) is 59.2 Å². The monoisotopic (exact) mass is 507 g/mol. The minimum Gasteiger partial charge on any atom is -0.381 e. The summed E-state index contributed by atoms with van der Waals surface area (Å²) in [4.78, 5) is 27.6. The molecule has 1 aliphatic carbocycles. The summed E-state index contributed by atoms with van der Waals surface area (Å²) < 4.78 is 25.8. The van der Waals surface area contributed by atoms with E-state index in [-0.39, 0.29) is 30.6 Å². The van der Waals surface area contributed by atoms with Crippen LogP contribution in [0.5, 0.6) is 0 Å². The number of nitrogens with one attached hydrogen (secondary N) is 2. The van der Waals surface area contributed by atoms with Crippen molar-refractivity contribution in [1.82, 2.24) is 25.2 Å². The fourth-order valence-electron chi connectivity index (χ4n) is 6.13. The lowest BCUT2D eigenvalue weighted by Crippen LogP contribution is -2.45. The quantitative estimate of drug-likeness (QED) is 0.509. The summed E-state index contributed by atoms with van der Waals surface area (Å²) in [6.45, 7) is 2.55. The average Bonchev–Trinajstić information content (AvgIpc) is 3.55. The molecule has 0 spiro atoms. The fourth-order valence-corrected chi connectivity index (χ4v) is 6.13. The van der Waals surface area contributed by atoms with Crippen LogP contribution in [0, 0.1) is 0 Å². The van der Waals surface area contributed by atoms with Crippen LogP contribution in [-0.4, -0.2) is 70.2 Å². The number of imidazole rings is 1. The normalized spacial score (nSPS) is 26.3. The van der Waals surface area contributed by atoms with Gasteiger partial charge in [0.05, 0.1) is 35.7 Å². The number of carbonyl (C=O) groups is 1. The number of halogens is 1. The van der Waals surface area contributed by atoms with Crippen molar-refractivity contribution >= 4 is 16.9 Å². The van der Waals surface area contributed by atoms with Crippen molar-refractivity contribution in [1.29, 1.82) is 0 Å². The smallest absolute Gasteiger partial charge is 0.227 e. The van der Waals surface area contributed by atoms with Crippen LogP contribution in [0.25, 0.3) is 11.0 Å². The topological polar surface area (TPSA) is 92.4 Å². The minimum atomic E-state index is -0.586. The van der Waals surface area contributed by atoms with Gasteiger partial charge in [-0.2, -0.15) is 0 Å². The number of benzene rings is 1. The Labute approximate surface area is 216 Å². The number of para-hydroxylation sites is 1. The zero-order valence-electron chi connectivity index (χ0n) is 21.0. The number of H-pyrrole nitrogens is 1. The lowest BCUT2D eigenvalue weighted by atomic mass is 10.1. The van der Waals surface area contributed by atoms with Crippen LogP contribution in [0.1, 0.15) is 54.3 Å². The van der Waals surface area contributed by atoms with Crippen LogP contribution >= 0.6 is 0 Å². The van der Waals surface area contributed by atoms with Gasteiger partial charge in [-0.15, -0.1) is 0 Å². The molecule has 2 N–H and O–H groups in total. The number of aryl methyl sites for hydroxylation is 1. The van der Waals surface area contributed by atoms with Crippen LogP contribution < -0.4 is 5.32 Å². The molecule has 4 atom stereocenters. The highest BCUT2D eigenvalue weighted by Gasteiger charge is 2.40. The van der Waals surface area contributed by atoms with E-state index in [4.69, 9.17) is 9.47 Å². The minimum absolute atomic E-state index is 0.0225. The Kier molecular flexibility index (Phi) is 7.17. The molecule has 2 aromatic heterocycles. The highest BCUT2D eigenvalue weighted by molar-refractivity contribution is 5.82. The van der Waals surface area contributed by atoms with Gasteiger partial charge in [-0.25, -0.2) is 9.37 Å². The van der Waals surface area contributed by atoms with Crippen molar-refractivity contribution < 1.29 is 18.7 Å². The van der Waals surface area contributed by atoms with E-state index in [1.54, 1.807) is 12.1 Å². The molecule has 4 heterocycles. The fraction of sp³-hybridized carbons (Fsp3) is 0.536. The molecule has 3 unspecified atom stereocenters. The van der Waals surface area contributed by atoms with Crippen LogP contribution in [0.3, 0.4) is 0 Å². The molecule has 9 heteroatoms. The number of fused-ring (bicyclic) bond motifs is 2. The van der Waals surface area contributed by atoms with Gasteiger partial charge in [0.1, 0.15) is 12.5 Å². The average molecular weight is 508 g/mol. The molecule has 3 aliphatic rings. The van der Waals surface area contributed by atoms with E-state index in [9.17, 15) is 9.18 Å². The first-order valence-corrected chi connectivity index (χ1v) is 13.4. The zero-order valence-corrected chi connectivity index (χ0v) is 21.0. The van der Waals surface area contributed by atoms with Crippen LogP contribution in [0.15, 0.2) is 36.7 Å². The Morgan fingerprint density at radius 2 is 2.16 bits per heavy atom. The second kappa shape index (κ2) is 10.8. The first kappa shape index (κ1) is 24.5. The molecular formula is C28H34FN5O3. The third-order valence-corrected chi connectivity index (χ3v) is 8.00. The number of amides is 1. The van der Waals surface area contributed by atoms with Gasteiger partial charge in [-0.3, -0.25) is 14.7 Å². The van der Waals surface area contributed by atoms with Crippen LogP contribution in [0.2, 0.25) is 0 Å². The molecule has 8 nitrogen and oxygen atoms in total. The van der Waals surface area contributed by atoms with Gasteiger partial charge in [0.2, 0.25) is 5.91 Å². The van der Waals surface area contributed by atoms with Gasteiger partial charge < -0.3 is 19.8 Å². The molecule has 0 bridgehead atoms. The summed E-state index contributed by atoms with van der Waals surface area (Å²) in [5, 5.41) is 3.25. The standard InChI is InChI=1S/C28H34FN5O3/c29-14-18-3-1-5-22-28(18)33-26(31-22)13-27(35)32-23-16-34(20-4-2-11-36-12-9-20)17-25(23)37-24-7-6-19-15-30-10-8-21(19)24/h1,3,5,8,10,15,20,23-25H,2,4,6-7,9,11-14,16-17H2,(H,31,33)(H,32,35)/t20?,23?,24?,25-/m0/s1. The van der Waals surface area contributed by atoms with Crippen molar-refractivity contribution in [2.24, 2.45) is 0 Å². The molecule has 37 heavy (non-hydrogen) atoms. The molecule has 0 radical (unpaired) electrons. The van der Waals surface area contributed by atoms with Crippen molar-refractivity contribution in [3.8, 4) is 0 Å². The third-order valence-electron chi connectivity index (χ3n) is 8.00. The lowest BCUT2D eigenvalue weighted by Gasteiger charge is -2.26. The molecular weight excluding hydrogens is 473 g/mol. The van der Waals surface area contributed by atoms with Crippen molar-refractivity contribution in [2.45, 2.75) is 69.5 Å². The van der Waals surface area contributed by atoms with E-state index < -0.39 is 6.67 Å². The summed E-state index contributed by atoms with van der Waals surface area (Å²) in [6.07, 6.45) is 8.85. The maximum atomic E-state index is 13.4. The number of alkyl halides is 1. The maximum Gasteiger partial charge on any atom is 0.227 e. The number of rotatable bonds is 7. The molecule has 196 valence electrons. The number of aromatic amines is 1. The van der Waals surface area contributed by atoms with Gasteiger partial charge in [-0.1, -0.05) is 12.1 Å².